The summed E-state index contributed by atoms with van der Waals surface area (Å²) in [7, 11) is 1.57. The van der Waals surface area contributed by atoms with Crippen molar-refractivity contribution in [2.45, 2.75) is 13.0 Å². The predicted octanol–water partition coefficient (Wildman–Crippen LogP) is 2.15. The molecular weight excluding hydrogens is 410 g/mol. The molecule has 0 aliphatic carbocycles. The Kier molecular flexibility index (Phi) is 6.53. The Morgan fingerprint density at radius 1 is 1.16 bits per heavy atom. The number of benzene rings is 1. The normalized spacial score (nSPS) is 21.2. The fraction of sp³-hybridized carbons (Fsp3) is 0.375. The number of aliphatic hydroxyl groups excluding tert-OH is 1. The van der Waals surface area contributed by atoms with Crippen LogP contribution in [-0.2, 0) is 14.3 Å². The number of rotatable bonds is 6. The summed E-state index contributed by atoms with van der Waals surface area (Å²) in [5.41, 5.74) is 2.07. The second kappa shape index (κ2) is 9.50. The Labute approximate surface area is 187 Å². The molecule has 4 rings (SSSR count). The van der Waals surface area contributed by atoms with Crippen LogP contribution in [0.15, 0.2) is 48.3 Å². The first-order chi connectivity index (χ1) is 15.5. The lowest BCUT2D eigenvalue weighted by Crippen LogP contribution is -2.42. The number of morpholine rings is 1. The zero-order valence-electron chi connectivity index (χ0n) is 18.3. The third kappa shape index (κ3) is 4.24. The smallest absolute Gasteiger partial charge is 0.295 e. The predicted molar refractivity (Wildman–Crippen MR) is 118 cm³/mol. The average Bonchev–Trinajstić information content (AvgIpc) is 3.08. The summed E-state index contributed by atoms with van der Waals surface area (Å²) < 4.78 is 10.6. The van der Waals surface area contributed by atoms with Gasteiger partial charge in [0.25, 0.3) is 11.7 Å². The zero-order chi connectivity index (χ0) is 22.7. The fourth-order valence-corrected chi connectivity index (χ4v) is 4.25. The zero-order valence-corrected chi connectivity index (χ0v) is 18.3. The van der Waals surface area contributed by atoms with E-state index in [0.29, 0.717) is 37.6 Å². The Morgan fingerprint density at radius 3 is 2.53 bits per heavy atom. The Balaban J connectivity index is 1.73. The number of carbonyl (C=O) groups excluding carboxylic acids is 2. The first-order valence-electron chi connectivity index (χ1n) is 10.6. The molecule has 2 aliphatic rings. The van der Waals surface area contributed by atoms with Crippen LogP contribution in [0.1, 0.15) is 22.7 Å². The van der Waals surface area contributed by atoms with Crippen molar-refractivity contribution in [3.8, 4) is 5.75 Å². The van der Waals surface area contributed by atoms with Crippen molar-refractivity contribution in [1.82, 2.24) is 14.8 Å². The molecule has 2 fully saturated rings. The van der Waals surface area contributed by atoms with Crippen molar-refractivity contribution in [2.75, 3.05) is 46.5 Å². The minimum Gasteiger partial charge on any atom is -0.507 e. The van der Waals surface area contributed by atoms with Crippen molar-refractivity contribution < 1.29 is 24.2 Å². The van der Waals surface area contributed by atoms with Gasteiger partial charge in [0.05, 0.1) is 31.9 Å². The van der Waals surface area contributed by atoms with Gasteiger partial charge in [0.1, 0.15) is 11.5 Å². The van der Waals surface area contributed by atoms with Gasteiger partial charge in [-0.2, -0.15) is 0 Å². The summed E-state index contributed by atoms with van der Waals surface area (Å²) in [6, 6.07) is 8.07. The van der Waals surface area contributed by atoms with Crippen molar-refractivity contribution in [3.63, 3.8) is 0 Å². The van der Waals surface area contributed by atoms with Crippen molar-refractivity contribution in [3.05, 3.63) is 65.0 Å². The molecule has 1 aromatic heterocycles. The summed E-state index contributed by atoms with van der Waals surface area (Å²) in [5.74, 6) is -0.816. The number of likely N-dealkylation sites (tertiary alicyclic amines) is 1. The van der Waals surface area contributed by atoms with Gasteiger partial charge in [0, 0.05) is 44.1 Å². The van der Waals surface area contributed by atoms with E-state index >= 15 is 0 Å². The molecule has 2 aromatic rings. The highest BCUT2D eigenvalue weighted by Gasteiger charge is 2.46. The maximum absolute atomic E-state index is 13.1. The van der Waals surface area contributed by atoms with Gasteiger partial charge >= 0.3 is 0 Å². The van der Waals surface area contributed by atoms with Crippen molar-refractivity contribution in [2.24, 2.45) is 0 Å². The number of amides is 1. The minimum atomic E-state index is -0.680. The van der Waals surface area contributed by atoms with Crippen LogP contribution in [0.3, 0.4) is 0 Å². The lowest BCUT2D eigenvalue weighted by molar-refractivity contribution is -0.140. The second-order valence-electron chi connectivity index (χ2n) is 7.91. The van der Waals surface area contributed by atoms with Gasteiger partial charge in [-0.25, -0.2) is 0 Å². The summed E-state index contributed by atoms with van der Waals surface area (Å²) in [6.07, 6.45) is 3.24. The van der Waals surface area contributed by atoms with Crippen LogP contribution in [0.25, 0.3) is 5.76 Å². The Morgan fingerprint density at radius 2 is 1.88 bits per heavy atom. The molecule has 1 N–H and O–H groups in total. The molecule has 2 saturated heterocycles. The molecule has 8 nitrogen and oxygen atoms in total. The van der Waals surface area contributed by atoms with E-state index in [0.717, 1.165) is 24.2 Å². The topological polar surface area (TPSA) is 92.2 Å². The van der Waals surface area contributed by atoms with Gasteiger partial charge in [0.15, 0.2) is 0 Å². The monoisotopic (exact) mass is 437 g/mol. The second-order valence-corrected chi connectivity index (χ2v) is 7.91. The summed E-state index contributed by atoms with van der Waals surface area (Å²) in [4.78, 5) is 34.0. The van der Waals surface area contributed by atoms with E-state index in [4.69, 9.17) is 9.47 Å². The van der Waals surface area contributed by atoms with Crippen molar-refractivity contribution >= 4 is 17.4 Å². The third-order valence-corrected chi connectivity index (χ3v) is 6.01. The number of hydrogen-bond acceptors (Lipinski definition) is 7. The first kappa shape index (κ1) is 22.0. The number of nitrogens with zero attached hydrogens (tertiary/aromatic N) is 3. The summed E-state index contributed by atoms with van der Waals surface area (Å²) >= 11 is 0. The van der Waals surface area contributed by atoms with E-state index < -0.39 is 17.7 Å². The molecule has 0 saturated carbocycles. The molecule has 1 atom stereocenters. The molecule has 1 unspecified atom stereocenters. The Hall–Kier alpha value is -3.23. The number of ether oxygens (including phenoxy) is 2. The number of aromatic nitrogens is 1. The molecule has 0 spiro atoms. The van der Waals surface area contributed by atoms with Crippen LogP contribution in [0, 0.1) is 6.92 Å². The number of carbonyl (C=O) groups is 2. The quantitative estimate of drug-likeness (QED) is 0.421. The number of aryl methyl sites for hydroxylation is 1. The number of ketones is 1. The van der Waals surface area contributed by atoms with Crippen LogP contribution in [0.5, 0.6) is 5.75 Å². The molecule has 1 amide bonds. The number of hydrogen-bond donors (Lipinski definition) is 1. The van der Waals surface area contributed by atoms with E-state index in [-0.39, 0.29) is 11.3 Å². The van der Waals surface area contributed by atoms with E-state index in [1.807, 2.05) is 6.92 Å². The molecule has 168 valence electrons. The van der Waals surface area contributed by atoms with Gasteiger partial charge in [-0.3, -0.25) is 19.5 Å². The number of Topliss-reactive ketones (excluding diaryl/α,β-unsaturated/α-hetero) is 1. The van der Waals surface area contributed by atoms with Crippen LogP contribution in [0.2, 0.25) is 0 Å². The maximum Gasteiger partial charge on any atom is 0.295 e. The van der Waals surface area contributed by atoms with E-state index in [2.05, 4.69) is 9.88 Å². The number of aliphatic hydroxyl groups is 1. The van der Waals surface area contributed by atoms with Crippen LogP contribution >= 0.6 is 0 Å². The first-order valence-corrected chi connectivity index (χ1v) is 10.6. The van der Waals surface area contributed by atoms with E-state index in [1.54, 1.807) is 54.7 Å². The molecule has 2 aliphatic heterocycles. The molecule has 8 heteroatoms. The highest BCUT2D eigenvalue weighted by Crippen LogP contribution is 2.39. The maximum atomic E-state index is 13.1. The van der Waals surface area contributed by atoms with Crippen LogP contribution in [0.4, 0.5) is 0 Å². The molecular formula is C24H27N3O5. The third-order valence-electron chi connectivity index (χ3n) is 6.01. The van der Waals surface area contributed by atoms with Gasteiger partial charge in [-0.05, 0) is 48.4 Å². The largest absolute Gasteiger partial charge is 0.507 e. The van der Waals surface area contributed by atoms with Crippen molar-refractivity contribution in [1.29, 1.82) is 0 Å². The van der Waals surface area contributed by atoms with Crippen LogP contribution in [-0.4, -0.2) is 78.1 Å². The van der Waals surface area contributed by atoms with Gasteiger partial charge < -0.3 is 19.5 Å². The SMILES string of the molecule is COc1ccc(/C(O)=C2\C(=O)C(=O)N(CCN3CCOCC3)C2c2ccncc2)c(C)c1. The minimum absolute atomic E-state index is 0.0939. The van der Waals surface area contributed by atoms with Crippen LogP contribution < -0.4 is 4.74 Å². The van der Waals surface area contributed by atoms with E-state index in [1.165, 1.54) is 0 Å². The number of pyridine rings is 1. The summed E-state index contributed by atoms with van der Waals surface area (Å²) in [6.45, 7) is 5.71. The van der Waals surface area contributed by atoms with Gasteiger partial charge in [-0.15, -0.1) is 0 Å². The molecule has 0 radical (unpaired) electrons. The Bertz CT molecular complexity index is 1030. The molecule has 0 bridgehead atoms. The fourth-order valence-electron chi connectivity index (χ4n) is 4.25. The van der Waals surface area contributed by atoms with Gasteiger partial charge in [0.2, 0.25) is 0 Å². The molecule has 32 heavy (non-hydrogen) atoms. The lowest BCUT2D eigenvalue weighted by atomic mass is 9.94. The van der Waals surface area contributed by atoms with Gasteiger partial charge in [-0.1, -0.05) is 0 Å². The number of methoxy groups -OCH3 is 1. The standard InChI is InChI=1S/C24H27N3O5/c1-16-15-18(31-2)3-4-19(16)22(28)20-21(17-5-7-25-8-6-17)27(24(30)23(20)29)10-9-26-11-13-32-14-12-26/h3-8,15,21,28H,9-14H2,1-2H3/b22-20+. The molecule has 3 heterocycles. The lowest BCUT2D eigenvalue weighted by Gasteiger charge is -2.31. The summed E-state index contributed by atoms with van der Waals surface area (Å²) in [5, 5.41) is 11.2. The highest BCUT2D eigenvalue weighted by molar-refractivity contribution is 6.46. The molecule has 1 aromatic carbocycles. The average molecular weight is 437 g/mol. The highest BCUT2D eigenvalue weighted by atomic mass is 16.5. The van der Waals surface area contributed by atoms with E-state index in [9.17, 15) is 14.7 Å².